The third kappa shape index (κ3) is 5.49. The number of aliphatic carboxylic acids is 1. The van der Waals surface area contributed by atoms with Crippen LogP contribution in [0.4, 0.5) is 0 Å². The Morgan fingerprint density at radius 1 is 1.07 bits per heavy atom. The first-order valence-electron chi connectivity index (χ1n) is 10.6. The van der Waals surface area contributed by atoms with Gasteiger partial charge in [-0.05, 0) is 48.3 Å². The number of rotatable bonds is 10. The zero-order valence-electron chi connectivity index (χ0n) is 17.0. The lowest BCUT2D eigenvalue weighted by Gasteiger charge is -2.31. The summed E-state index contributed by atoms with van der Waals surface area (Å²) < 4.78 is 0. The van der Waals surface area contributed by atoms with E-state index in [1.54, 1.807) is 0 Å². The molecule has 0 heterocycles. The van der Waals surface area contributed by atoms with Gasteiger partial charge >= 0.3 is 5.97 Å². The average Bonchev–Trinajstić information content (AvgIpc) is 3.23. The van der Waals surface area contributed by atoms with E-state index in [1.165, 1.54) is 16.7 Å². The van der Waals surface area contributed by atoms with Crippen LogP contribution >= 0.6 is 0 Å². The molecule has 4 N–H and O–H groups in total. The lowest BCUT2D eigenvalue weighted by Crippen LogP contribution is -2.53. The molecule has 0 spiro atoms. The van der Waals surface area contributed by atoms with Gasteiger partial charge < -0.3 is 16.2 Å². The highest BCUT2D eigenvalue weighted by atomic mass is 16.4. The van der Waals surface area contributed by atoms with Crippen LogP contribution in [0.1, 0.15) is 44.1 Å². The quantitative estimate of drug-likeness (QED) is 0.421. The maximum Gasteiger partial charge on any atom is 0.323 e. The number of nitrogens with one attached hydrogen (secondary N) is 1. The van der Waals surface area contributed by atoms with Crippen molar-refractivity contribution in [3.63, 3.8) is 0 Å². The van der Waals surface area contributed by atoms with E-state index in [2.05, 4.69) is 41.7 Å². The molecule has 0 bridgehead atoms. The van der Waals surface area contributed by atoms with Crippen molar-refractivity contribution in [3.8, 4) is 11.1 Å². The Morgan fingerprint density at radius 2 is 1.76 bits per heavy atom. The molecule has 0 aromatic heterocycles. The molecule has 1 fully saturated rings. The molecule has 29 heavy (non-hydrogen) atoms. The summed E-state index contributed by atoms with van der Waals surface area (Å²) in [5, 5.41) is 13.3. The first kappa shape index (κ1) is 21.6. The number of carboxylic acids is 1. The van der Waals surface area contributed by atoms with Crippen molar-refractivity contribution in [3.05, 3.63) is 60.2 Å². The number of unbranched alkanes of at least 4 members (excludes halogenated alkanes) is 1. The highest BCUT2D eigenvalue weighted by Crippen LogP contribution is 2.36. The highest BCUT2D eigenvalue weighted by Gasteiger charge is 2.44. The second-order valence-electron chi connectivity index (χ2n) is 8.24. The van der Waals surface area contributed by atoms with E-state index in [4.69, 9.17) is 13.6 Å². The van der Waals surface area contributed by atoms with Crippen LogP contribution < -0.4 is 11.1 Å². The molecular formula is C24H31BN2O2. The first-order valence-corrected chi connectivity index (χ1v) is 10.6. The lowest BCUT2D eigenvalue weighted by molar-refractivity contribution is -0.146. The predicted octanol–water partition coefficient (Wildman–Crippen LogP) is 4.15. The molecule has 3 rings (SSSR count). The van der Waals surface area contributed by atoms with Crippen molar-refractivity contribution in [2.45, 2.75) is 63.0 Å². The molecule has 1 saturated carbocycles. The molecule has 0 amide bonds. The van der Waals surface area contributed by atoms with E-state index in [9.17, 15) is 9.90 Å². The normalized spacial score (nSPS) is 21.0. The summed E-state index contributed by atoms with van der Waals surface area (Å²) in [6.45, 7) is 0.782. The van der Waals surface area contributed by atoms with Crippen LogP contribution in [0.2, 0.25) is 6.32 Å². The summed E-state index contributed by atoms with van der Waals surface area (Å²) in [5.74, 6) is -0.868. The Labute approximate surface area is 175 Å². The number of hydrogen-bond donors (Lipinski definition) is 3. The molecule has 2 aromatic carbocycles. The Kier molecular flexibility index (Phi) is 7.51. The molecule has 2 aromatic rings. The Morgan fingerprint density at radius 3 is 2.41 bits per heavy atom. The number of carboxylic acid groups (broad SMARTS) is 1. The largest absolute Gasteiger partial charge is 0.480 e. The summed E-state index contributed by atoms with van der Waals surface area (Å²) in [6, 6.07) is 19.3. The molecule has 1 aliphatic carbocycles. The van der Waals surface area contributed by atoms with Crippen molar-refractivity contribution in [1.29, 1.82) is 0 Å². The molecule has 3 atom stereocenters. The second kappa shape index (κ2) is 10.1. The zero-order chi connectivity index (χ0) is 20.7. The smallest absolute Gasteiger partial charge is 0.323 e. The van der Waals surface area contributed by atoms with Gasteiger partial charge in [0.1, 0.15) is 5.54 Å². The van der Waals surface area contributed by atoms with E-state index in [0.717, 1.165) is 38.6 Å². The van der Waals surface area contributed by atoms with Gasteiger partial charge in [-0.15, -0.1) is 0 Å². The molecule has 5 heteroatoms. The van der Waals surface area contributed by atoms with Crippen molar-refractivity contribution < 1.29 is 9.90 Å². The van der Waals surface area contributed by atoms with Crippen LogP contribution in [0, 0.1) is 5.92 Å². The maximum absolute atomic E-state index is 11.9. The second-order valence-corrected chi connectivity index (χ2v) is 8.24. The topological polar surface area (TPSA) is 75.4 Å². The Balaban J connectivity index is 1.52. The fourth-order valence-electron chi connectivity index (χ4n) is 4.39. The standard InChI is InChI=1S/C24H31BN2O2/c25-15-5-4-14-24(26,23(28)29)21-12-13-22(16-21)27-17-18-8-10-20(11-9-18)19-6-2-1-3-7-19/h1-3,6-11,21-22,27H,4-5,12-17,26H2,(H,28,29). The lowest BCUT2D eigenvalue weighted by atomic mass is 9.78. The van der Waals surface area contributed by atoms with Crippen LogP contribution in [-0.4, -0.2) is 30.5 Å². The fraction of sp³-hybridized carbons (Fsp3) is 0.458. The van der Waals surface area contributed by atoms with Gasteiger partial charge in [0.05, 0.1) is 7.85 Å². The van der Waals surface area contributed by atoms with Gasteiger partial charge in [0.15, 0.2) is 0 Å². The molecule has 2 radical (unpaired) electrons. The first-order chi connectivity index (χ1) is 14.0. The molecule has 3 unspecified atom stereocenters. The maximum atomic E-state index is 11.9. The van der Waals surface area contributed by atoms with Gasteiger partial charge in [0.25, 0.3) is 0 Å². The average molecular weight is 390 g/mol. The monoisotopic (exact) mass is 390 g/mol. The number of benzene rings is 2. The highest BCUT2D eigenvalue weighted by molar-refractivity contribution is 6.08. The summed E-state index contributed by atoms with van der Waals surface area (Å²) in [5.41, 5.74) is 8.88. The van der Waals surface area contributed by atoms with Crippen LogP contribution in [0.15, 0.2) is 54.6 Å². The summed E-state index contributed by atoms with van der Waals surface area (Å²) >= 11 is 0. The summed E-state index contributed by atoms with van der Waals surface area (Å²) in [4.78, 5) is 11.9. The fourth-order valence-corrected chi connectivity index (χ4v) is 4.39. The van der Waals surface area contributed by atoms with Crippen molar-refractivity contribution >= 4 is 13.8 Å². The van der Waals surface area contributed by atoms with Crippen LogP contribution in [-0.2, 0) is 11.3 Å². The summed E-state index contributed by atoms with van der Waals surface area (Å²) in [7, 11) is 5.55. The van der Waals surface area contributed by atoms with Crippen molar-refractivity contribution in [2.75, 3.05) is 0 Å². The van der Waals surface area contributed by atoms with E-state index in [1.807, 2.05) is 18.2 Å². The van der Waals surface area contributed by atoms with Crippen molar-refractivity contribution in [2.24, 2.45) is 11.7 Å². The van der Waals surface area contributed by atoms with Crippen LogP contribution in [0.25, 0.3) is 11.1 Å². The predicted molar refractivity (Wildman–Crippen MR) is 119 cm³/mol. The Bertz CT molecular complexity index is 781. The third-order valence-electron chi connectivity index (χ3n) is 6.26. The molecule has 0 saturated heterocycles. The summed E-state index contributed by atoms with van der Waals surface area (Å²) in [6.07, 6.45) is 5.30. The number of hydrogen-bond acceptors (Lipinski definition) is 3. The molecule has 4 nitrogen and oxygen atoms in total. The number of nitrogens with two attached hydrogens (primary N) is 1. The number of carbonyl (C=O) groups is 1. The van der Waals surface area contributed by atoms with Gasteiger partial charge in [-0.1, -0.05) is 73.8 Å². The molecule has 152 valence electrons. The van der Waals surface area contributed by atoms with Crippen LogP contribution in [0.3, 0.4) is 0 Å². The minimum absolute atomic E-state index is 0.00994. The van der Waals surface area contributed by atoms with Gasteiger partial charge in [0, 0.05) is 12.6 Å². The van der Waals surface area contributed by atoms with Gasteiger partial charge in [-0.25, -0.2) is 0 Å². The van der Waals surface area contributed by atoms with Crippen molar-refractivity contribution in [1.82, 2.24) is 5.32 Å². The molecule has 0 aliphatic heterocycles. The Hall–Kier alpha value is -2.11. The van der Waals surface area contributed by atoms with E-state index in [-0.39, 0.29) is 5.92 Å². The van der Waals surface area contributed by atoms with Crippen LogP contribution in [0.5, 0.6) is 0 Å². The van der Waals surface area contributed by atoms with Gasteiger partial charge in [-0.3, -0.25) is 4.79 Å². The van der Waals surface area contributed by atoms with E-state index >= 15 is 0 Å². The van der Waals surface area contributed by atoms with Gasteiger partial charge in [0.2, 0.25) is 0 Å². The zero-order valence-corrected chi connectivity index (χ0v) is 17.0. The van der Waals surface area contributed by atoms with E-state index < -0.39 is 11.5 Å². The SMILES string of the molecule is [B]CCCCC(N)(C(=O)O)C1CCC(NCc2ccc(-c3ccccc3)cc2)C1. The van der Waals surface area contributed by atoms with E-state index in [0.29, 0.717) is 18.8 Å². The molecule has 1 aliphatic rings. The minimum atomic E-state index is -1.14. The minimum Gasteiger partial charge on any atom is -0.480 e. The third-order valence-corrected chi connectivity index (χ3v) is 6.26. The van der Waals surface area contributed by atoms with Gasteiger partial charge in [-0.2, -0.15) is 0 Å². The molecular weight excluding hydrogens is 359 g/mol.